The lowest BCUT2D eigenvalue weighted by molar-refractivity contribution is -0.147. The third kappa shape index (κ3) is 36.1. The molecule has 0 radical (unpaired) electrons. The predicted molar refractivity (Wildman–Crippen MR) is 192 cm³/mol. The maximum Gasteiger partial charge on any atom is 0.472 e. The van der Waals surface area contributed by atoms with Crippen LogP contribution in [0, 0.1) is 0 Å². The fraction of sp³-hybridized carbons (Fsp3) is 0.919. The average Bonchev–Trinajstić information content (AvgIpc) is 3.04. The van der Waals surface area contributed by atoms with Gasteiger partial charge in [0.15, 0.2) is 0 Å². The van der Waals surface area contributed by atoms with E-state index in [1.165, 1.54) is 154 Å². The second-order valence-corrected chi connectivity index (χ2v) is 14.5. The molecule has 4 N–H and O–H groups in total. The van der Waals surface area contributed by atoms with Crippen molar-refractivity contribution in [3.05, 3.63) is 12.2 Å². The Morgan fingerprint density at radius 1 is 0.630 bits per heavy atom. The maximum atomic E-state index is 11.8. The van der Waals surface area contributed by atoms with Gasteiger partial charge in [0, 0.05) is 13.0 Å². The quantitative estimate of drug-likeness (QED) is 0.0257. The van der Waals surface area contributed by atoms with E-state index in [0.29, 0.717) is 6.42 Å². The fourth-order valence-corrected chi connectivity index (χ4v) is 6.28. The second kappa shape index (κ2) is 35.5. The number of phosphoric acid groups is 1. The SMILES string of the molecule is CCCCCCCCCC/C=C\CCCCCCCCCCCCCCCCCCCC(=O)OCC(O)COP(=O)(O)OCCN. The van der Waals surface area contributed by atoms with Gasteiger partial charge in [-0.2, -0.15) is 0 Å². The molecule has 0 fully saturated rings. The number of aliphatic hydroxyl groups excluding tert-OH is 1. The number of nitrogens with two attached hydrogens (primary N) is 1. The van der Waals surface area contributed by atoms with E-state index < -0.39 is 20.5 Å². The Morgan fingerprint density at radius 3 is 1.43 bits per heavy atom. The van der Waals surface area contributed by atoms with Gasteiger partial charge >= 0.3 is 13.8 Å². The summed E-state index contributed by atoms with van der Waals surface area (Å²) < 4.78 is 25.7. The number of allylic oxidation sites excluding steroid dienone is 2. The molecule has 0 bridgehead atoms. The lowest BCUT2D eigenvalue weighted by Crippen LogP contribution is -2.23. The second-order valence-electron chi connectivity index (χ2n) is 13.0. The molecule has 0 aromatic heterocycles. The molecule has 0 heterocycles. The zero-order valence-corrected chi connectivity index (χ0v) is 30.7. The van der Waals surface area contributed by atoms with Gasteiger partial charge in [0.25, 0.3) is 0 Å². The zero-order valence-electron chi connectivity index (χ0n) is 29.8. The van der Waals surface area contributed by atoms with Crippen LogP contribution < -0.4 is 5.73 Å². The Hall–Kier alpha value is -0.760. The molecule has 0 aliphatic heterocycles. The molecule has 8 nitrogen and oxygen atoms in total. The van der Waals surface area contributed by atoms with E-state index in [0.717, 1.165) is 19.3 Å². The molecule has 0 aromatic rings. The summed E-state index contributed by atoms with van der Waals surface area (Å²) in [6.45, 7) is 1.48. The Balaban J connectivity index is 3.29. The van der Waals surface area contributed by atoms with Gasteiger partial charge in [-0.15, -0.1) is 0 Å². The molecule has 0 aliphatic rings. The highest BCUT2D eigenvalue weighted by Gasteiger charge is 2.22. The summed E-state index contributed by atoms with van der Waals surface area (Å²) in [6.07, 6.45) is 39.6. The molecular formula is C37H74NO7P. The van der Waals surface area contributed by atoms with Crippen molar-refractivity contribution in [1.82, 2.24) is 0 Å². The summed E-state index contributed by atoms with van der Waals surface area (Å²) in [5, 5.41) is 9.75. The van der Waals surface area contributed by atoms with Gasteiger partial charge in [-0.25, -0.2) is 4.57 Å². The molecule has 0 saturated carbocycles. The van der Waals surface area contributed by atoms with Crippen LogP contribution in [0.5, 0.6) is 0 Å². The molecule has 9 heteroatoms. The molecule has 274 valence electrons. The molecule has 0 aromatic carbocycles. The Morgan fingerprint density at radius 2 is 1.02 bits per heavy atom. The third-order valence-corrected chi connectivity index (χ3v) is 9.37. The van der Waals surface area contributed by atoms with Crippen LogP contribution in [0.2, 0.25) is 0 Å². The molecular weight excluding hydrogens is 601 g/mol. The number of carbonyl (C=O) groups is 1. The topological polar surface area (TPSA) is 128 Å². The summed E-state index contributed by atoms with van der Waals surface area (Å²) in [5.74, 6) is -0.381. The highest BCUT2D eigenvalue weighted by atomic mass is 31.2. The van der Waals surface area contributed by atoms with E-state index in [2.05, 4.69) is 28.1 Å². The first-order chi connectivity index (χ1) is 22.4. The van der Waals surface area contributed by atoms with Gasteiger partial charge in [0.1, 0.15) is 12.7 Å². The van der Waals surface area contributed by atoms with E-state index in [4.69, 9.17) is 10.5 Å². The summed E-state index contributed by atoms with van der Waals surface area (Å²) >= 11 is 0. The Bertz CT molecular complexity index is 722. The maximum absolute atomic E-state index is 11.8. The first-order valence-electron chi connectivity index (χ1n) is 19.2. The number of esters is 1. The Kier molecular flexibility index (Phi) is 35.0. The van der Waals surface area contributed by atoms with E-state index in [1.807, 2.05) is 0 Å². The molecule has 0 aliphatic carbocycles. The average molecular weight is 676 g/mol. The van der Waals surface area contributed by atoms with Crippen molar-refractivity contribution < 1.29 is 33.1 Å². The number of unbranched alkanes of at least 4 members (excludes halogenated alkanes) is 25. The number of phosphoric ester groups is 1. The predicted octanol–water partition coefficient (Wildman–Crippen LogP) is 10.5. The Labute approximate surface area is 283 Å². The summed E-state index contributed by atoms with van der Waals surface area (Å²) in [6, 6.07) is 0. The van der Waals surface area contributed by atoms with Gasteiger partial charge in [-0.05, 0) is 32.1 Å². The molecule has 2 unspecified atom stereocenters. The molecule has 0 rings (SSSR count). The smallest absolute Gasteiger partial charge is 0.463 e. The molecule has 46 heavy (non-hydrogen) atoms. The number of aliphatic hydroxyl groups is 1. The van der Waals surface area contributed by atoms with E-state index in [1.54, 1.807) is 0 Å². The van der Waals surface area contributed by atoms with E-state index in [-0.39, 0.29) is 25.7 Å². The number of carbonyl (C=O) groups excluding carboxylic acids is 1. The fourth-order valence-electron chi connectivity index (χ4n) is 5.51. The molecule has 0 amide bonds. The summed E-state index contributed by atoms with van der Waals surface area (Å²) in [4.78, 5) is 21.2. The van der Waals surface area contributed by atoms with Crippen molar-refractivity contribution in [1.29, 1.82) is 0 Å². The standard InChI is InChI=1S/C37H74NO7P/c1-2-3-4-5-6-7-8-9-10-11-12-13-14-15-16-17-18-19-20-21-22-23-24-25-26-27-28-29-30-31-37(40)43-34-36(39)35-45-46(41,42)44-33-32-38/h11-12,36,39H,2-10,13-35,38H2,1H3,(H,41,42)/b12-11-. The van der Waals surface area contributed by atoms with Crippen LogP contribution in [0.1, 0.15) is 187 Å². The van der Waals surface area contributed by atoms with Gasteiger partial charge < -0.3 is 20.5 Å². The third-order valence-electron chi connectivity index (χ3n) is 8.38. The van der Waals surface area contributed by atoms with Crippen molar-refractivity contribution in [3.63, 3.8) is 0 Å². The van der Waals surface area contributed by atoms with E-state index >= 15 is 0 Å². The van der Waals surface area contributed by atoms with Crippen molar-refractivity contribution in [2.24, 2.45) is 5.73 Å². The molecule has 0 spiro atoms. The molecule has 0 saturated heterocycles. The number of rotatable bonds is 37. The van der Waals surface area contributed by atoms with Crippen LogP contribution in [0.3, 0.4) is 0 Å². The first kappa shape index (κ1) is 45.2. The van der Waals surface area contributed by atoms with E-state index in [9.17, 15) is 19.4 Å². The highest BCUT2D eigenvalue weighted by molar-refractivity contribution is 7.47. The highest BCUT2D eigenvalue weighted by Crippen LogP contribution is 2.42. The minimum absolute atomic E-state index is 0.0761. The van der Waals surface area contributed by atoms with Crippen LogP contribution in [-0.4, -0.2) is 48.4 Å². The van der Waals surface area contributed by atoms with Crippen molar-refractivity contribution >= 4 is 13.8 Å². The number of hydrogen-bond acceptors (Lipinski definition) is 7. The minimum atomic E-state index is -4.25. The summed E-state index contributed by atoms with van der Waals surface area (Å²) in [5.41, 5.74) is 5.20. The lowest BCUT2D eigenvalue weighted by atomic mass is 10.0. The van der Waals surface area contributed by atoms with Crippen LogP contribution in [-0.2, 0) is 23.1 Å². The first-order valence-corrected chi connectivity index (χ1v) is 20.7. The number of hydrogen-bond donors (Lipinski definition) is 3. The monoisotopic (exact) mass is 676 g/mol. The largest absolute Gasteiger partial charge is 0.472 e. The van der Waals surface area contributed by atoms with Crippen molar-refractivity contribution in [2.75, 3.05) is 26.4 Å². The van der Waals surface area contributed by atoms with Crippen LogP contribution >= 0.6 is 7.82 Å². The number of ether oxygens (including phenoxy) is 1. The van der Waals surface area contributed by atoms with Gasteiger partial charge in [-0.1, -0.05) is 160 Å². The minimum Gasteiger partial charge on any atom is -0.463 e. The van der Waals surface area contributed by atoms with Crippen molar-refractivity contribution in [2.45, 2.75) is 193 Å². The normalized spacial score (nSPS) is 13.7. The van der Waals surface area contributed by atoms with Crippen LogP contribution in [0.4, 0.5) is 0 Å². The van der Waals surface area contributed by atoms with Gasteiger partial charge in [0.2, 0.25) is 0 Å². The van der Waals surface area contributed by atoms with Crippen LogP contribution in [0.25, 0.3) is 0 Å². The van der Waals surface area contributed by atoms with Crippen molar-refractivity contribution in [3.8, 4) is 0 Å². The van der Waals surface area contributed by atoms with Gasteiger partial charge in [-0.3, -0.25) is 13.8 Å². The lowest BCUT2D eigenvalue weighted by Gasteiger charge is -2.15. The van der Waals surface area contributed by atoms with Gasteiger partial charge in [0.05, 0.1) is 13.2 Å². The van der Waals surface area contributed by atoms with Crippen LogP contribution in [0.15, 0.2) is 12.2 Å². The zero-order chi connectivity index (χ0) is 33.8. The summed E-state index contributed by atoms with van der Waals surface area (Å²) in [7, 11) is -4.25. The molecule has 2 atom stereocenters.